The summed E-state index contributed by atoms with van der Waals surface area (Å²) in [5, 5.41) is 0. The maximum Gasteiger partial charge on any atom is 0.466 e. The van der Waals surface area contributed by atoms with Crippen molar-refractivity contribution in [2.75, 3.05) is 0 Å². The van der Waals surface area contributed by atoms with Gasteiger partial charge in [0.1, 0.15) is 0 Å². The van der Waals surface area contributed by atoms with Gasteiger partial charge in [-0.25, -0.2) is 4.57 Å². The van der Waals surface area contributed by atoms with E-state index in [-0.39, 0.29) is 0 Å². The van der Waals surface area contributed by atoms with Crippen LogP contribution in [0.1, 0.15) is 84.0 Å². The van der Waals surface area contributed by atoms with Crippen molar-refractivity contribution >= 4 is 7.82 Å². The standard InChI is InChI=1S/C14H29.Ce.H3O4P/c1-3-5-7-9-11-13-14-12-10-8-6-4-2;;1-5(2,3)4/h1,3-14H2,2H3;;(H3,1,2,3,4). The van der Waals surface area contributed by atoms with Crippen LogP contribution in [-0.4, -0.2) is 14.7 Å². The minimum atomic E-state index is -4.64. The van der Waals surface area contributed by atoms with Crippen LogP contribution in [0.4, 0.5) is 0 Å². The average molecular weight is 435 g/mol. The topological polar surface area (TPSA) is 77.8 Å². The Kier molecular flexibility index (Phi) is 22.0. The fraction of sp³-hybridized carbons (Fsp3) is 1.00. The summed E-state index contributed by atoms with van der Waals surface area (Å²) < 4.78 is 10.4. The van der Waals surface area contributed by atoms with Crippen molar-refractivity contribution in [3.8, 4) is 0 Å². The zero-order valence-electron chi connectivity index (χ0n) is 12.9. The van der Waals surface area contributed by atoms with E-state index in [0.29, 0.717) is 0 Å². The predicted molar refractivity (Wildman–Crippen MR) is 80.1 cm³/mol. The fourth-order valence-electron chi connectivity index (χ4n) is 1.97. The quantitative estimate of drug-likeness (QED) is 0.306. The molecule has 0 bridgehead atoms. The maximum absolute atomic E-state index is 8.88. The number of unbranched alkanes of at least 4 members (excludes halogenated alkanes) is 11. The molecule has 0 aromatic rings. The molecule has 4 nitrogen and oxygen atoms in total. The Hall–Kier alpha value is 1.49. The van der Waals surface area contributed by atoms with E-state index >= 15 is 0 Å². The molecule has 0 aliphatic carbocycles. The van der Waals surface area contributed by atoms with Gasteiger partial charge in [0.15, 0.2) is 0 Å². The van der Waals surface area contributed by atoms with Gasteiger partial charge in [0.05, 0.1) is 0 Å². The van der Waals surface area contributed by atoms with Crippen molar-refractivity contribution in [2.45, 2.75) is 85.9 Å². The zero-order valence-corrected chi connectivity index (χ0v) is 16.9. The van der Waals surface area contributed by atoms with Crippen LogP contribution >= 0.6 is 7.82 Å². The molecule has 0 aliphatic heterocycles. The van der Waals surface area contributed by atoms with Crippen molar-refractivity contribution < 1.29 is 58.9 Å². The predicted octanol–water partition coefficient (Wildman–Crippen LogP) is 4.73. The average Bonchev–Trinajstić information content (AvgIpc) is 2.34. The molecule has 0 amide bonds. The van der Waals surface area contributed by atoms with Crippen LogP contribution in [0.5, 0.6) is 0 Å². The summed E-state index contributed by atoms with van der Waals surface area (Å²) >= 11 is 1.41. The summed E-state index contributed by atoms with van der Waals surface area (Å²) in [5.74, 6) is 0. The van der Waals surface area contributed by atoms with E-state index < -0.39 is 7.82 Å². The summed E-state index contributed by atoms with van der Waals surface area (Å²) in [6.45, 7) is 2.29. The summed E-state index contributed by atoms with van der Waals surface area (Å²) in [7, 11) is -4.64. The van der Waals surface area contributed by atoms with Crippen molar-refractivity contribution in [1.29, 1.82) is 0 Å². The van der Waals surface area contributed by atoms with Gasteiger partial charge < -0.3 is 14.7 Å². The molecule has 0 unspecified atom stereocenters. The number of phosphoric acid groups is 1. The van der Waals surface area contributed by atoms with E-state index in [9.17, 15) is 0 Å². The second kappa shape index (κ2) is 18.5. The van der Waals surface area contributed by atoms with Crippen molar-refractivity contribution in [3.63, 3.8) is 0 Å². The number of hydrogen-bond acceptors (Lipinski definition) is 1. The largest absolute Gasteiger partial charge is 0.466 e. The van der Waals surface area contributed by atoms with Gasteiger partial charge >= 0.3 is 120 Å². The van der Waals surface area contributed by atoms with Crippen LogP contribution in [0.3, 0.4) is 0 Å². The first-order valence-electron chi connectivity index (χ1n) is 7.84. The van der Waals surface area contributed by atoms with Gasteiger partial charge in [0, 0.05) is 0 Å². The van der Waals surface area contributed by atoms with E-state index in [2.05, 4.69) is 6.92 Å². The molecule has 0 spiro atoms. The van der Waals surface area contributed by atoms with Crippen molar-refractivity contribution in [2.24, 2.45) is 0 Å². The third-order valence-corrected chi connectivity index (χ3v) is 4.14. The molecule has 0 rings (SSSR count). The third kappa shape index (κ3) is 36.6. The summed E-state index contributed by atoms with van der Waals surface area (Å²) in [6, 6.07) is 0. The summed E-state index contributed by atoms with van der Waals surface area (Å²) in [6.07, 6.45) is 17.7. The summed E-state index contributed by atoms with van der Waals surface area (Å²) in [5.41, 5.74) is 0. The zero-order chi connectivity index (χ0) is 15.7. The molecular weight excluding hydrogens is 403 g/mol. The molecule has 0 aliphatic rings. The molecule has 0 aromatic heterocycles. The molecule has 0 saturated heterocycles. The molecule has 0 aromatic carbocycles. The van der Waals surface area contributed by atoms with E-state index in [4.69, 9.17) is 19.2 Å². The van der Waals surface area contributed by atoms with Crippen LogP contribution in [0.2, 0.25) is 1.94 Å². The van der Waals surface area contributed by atoms with Crippen molar-refractivity contribution in [3.05, 3.63) is 0 Å². The van der Waals surface area contributed by atoms with Gasteiger partial charge in [-0.05, 0) is 0 Å². The first-order valence-corrected chi connectivity index (χ1v) is 11.6. The van der Waals surface area contributed by atoms with E-state index in [1.807, 2.05) is 0 Å². The van der Waals surface area contributed by atoms with Gasteiger partial charge in [0.2, 0.25) is 0 Å². The normalized spacial score (nSPS) is 10.9. The van der Waals surface area contributed by atoms with Gasteiger partial charge in [0.25, 0.3) is 0 Å². The number of rotatable bonds is 12. The van der Waals surface area contributed by atoms with Crippen LogP contribution in [-0.2, 0) is 4.57 Å². The Morgan fingerprint density at radius 1 is 0.700 bits per heavy atom. The Balaban J connectivity index is 0. The Morgan fingerprint density at radius 2 is 0.950 bits per heavy atom. The minimum Gasteiger partial charge on any atom is -0.303 e. The van der Waals surface area contributed by atoms with Gasteiger partial charge in [-0.1, -0.05) is 13.3 Å². The Labute approximate surface area is 151 Å². The molecule has 0 heterocycles. The minimum absolute atomic E-state index is 1.38. The van der Waals surface area contributed by atoms with E-state index in [0.717, 1.165) is 0 Å². The molecule has 20 heavy (non-hydrogen) atoms. The molecule has 3 N–H and O–H groups in total. The molecule has 0 saturated carbocycles. The van der Waals surface area contributed by atoms with E-state index in [1.165, 1.54) is 119 Å². The van der Waals surface area contributed by atoms with Gasteiger partial charge in [-0.2, -0.15) is 0 Å². The third-order valence-electron chi connectivity index (χ3n) is 3.03. The molecule has 6 heteroatoms. The monoisotopic (exact) mass is 435 g/mol. The maximum atomic E-state index is 8.88. The Bertz CT molecular complexity index is 201. The van der Waals surface area contributed by atoms with E-state index in [1.54, 1.807) is 0 Å². The molecule has 0 radical (unpaired) electrons. The SMILES string of the molecule is CCCCCCCCCCCCC[CH2][Ce].O=P(O)(O)O. The van der Waals surface area contributed by atoms with Crippen LogP contribution in [0.15, 0.2) is 0 Å². The number of hydrogen-bond donors (Lipinski definition) is 3. The first kappa shape index (κ1) is 23.7. The summed E-state index contributed by atoms with van der Waals surface area (Å²) in [4.78, 5) is 21.6. The molecule has 0 fully saturated rings. The molecule has 0 atom stereocenters. The Morgan fingerprint density at radius 3 is 1.20 bits per heavy atom. The van der Waals surface area contributed by atoms with Crippen molar-refractivity contribution in [1.82, 2.24) is 0 Å². The molecular formula is C14H32CeO4P. The van der Waals surface area contributed by atoms with Crippen LogP contribution in [0, 0.1) is 39.6 Å². The van der Waals surface area contributed by atoms with Gasteiger partial charge in [-0.15, -0.1) is 0 Å². The fourth-order valence-corrected chi connectivity index (χ4v) is 2.75. The first-order chi connectivity index (χ1) is 9.41. The smallest absolute Gasteiger partial charge is 0.303 e. The van der Waals surface area contributed by atoms with Gasteiger partial charge in [-0.3, -0.25) is 0 Å². The van der Waals surface area contributed by atoms with Crippen LogP contribution in [0.25, 0.3) is 0 Å². The second-order valence-corrected chi connectivity index (χ2v) is 7.75. The van der Waals surface area contributed by atoms with Crippen LogP contribution < -0.4 is 0 Å². The second-order valence-electron chi connectivity index (χ2n) is 5.15. The molecule has 121 valence electrons.